The summed E-state index contributed by atoms with van der Waals surface area (Å²) in [6, 6.07) is 14.8. The van der Waals surface area contributed by atoms with Gasteiger partial charge in [-0.2, -0.15) is 0 Å². The molecule has 2 aromatic carbocycles. The molecule has 0 atom stereocenters. The van der Waals surface area contributed by atoms with Crippen LogP contribution in [0, 0.1) is 18.6 Å². The number of hydrogen-bond donors (Lipinski definition) is 1. The highest BCUT2D eigenvalue weighted by Gasteiger charge is 2.16. The predicted molar refractivity (Wildman–Crippen MR) is 102 cm³/mol. The number of hydrogen-bond acceptors (Lipinski definition) is 3. The van der Waals surface area contributed by atoms with Gasteiger partial charge in [0.05, 0.1) is 0 Å². The molecule has 0 aliphatic carbocycles. The van der Waals surface area contributed by atoms with Crippen LogP contribution in [0.5, 0.6) is 0 Å². The molecule has 27 heavy (non-hydrogen) atoms. The average molecular weight is 367 g/mol. The van der Waals surface area contributed by atoms with Crippen LogP contribution in [0.25, 0.3) is 0 Å². The molecule has 0 saturated carbocycles. The fourth-order valence-corrected chi connectivity index (χ4v) is 2.82. The highest BCUT2D eigenvalue weighted by Crippen LogP contribution is 2.26. The summed E-state index contributed by atoms with van der Waals surface area (Å²) in [5.74, 6) is -2.36. The lowest BCUT2D eigenvalue weighted by Gasteiger charge is -2.24. The summed E-state index contributed by atoms with van der Waals surface area (Å²) in [5, 5.41) is 2.26. The zero-order valence-electron chi connectivity index (χ0n) is 15.0. The molecule has 3 aromatic rings. The van der Waals surface area contributed by atoms with Gasteiger partial charge in [0.1, 0.15) is 23.0 Å². The molecule has 6 heteroatoms. The Morgan fingerprint density at radius 3 is 2.37 bits per heavy atom. The molecule has 1 N–H and O–H groups in total. The van der Waals surface area contributed by atoms with Crippen LogP contribution in [0.1, 0.15) is 23.0 Å². The van der Waals surface area contributed by atoms with Crippen LogP contribution in [0.3, 0.4) is 0 Å². The first kappa shape index (κ1) is 18.5. The largest absolute Gasteiger partial charge is 0.342 e. The lowest BCUT2D eigenvalue weighted by atomic mass is 10.2. The number of nitrogens with zero attached hydrogens (tertiary/aromatic N) is 2. The molecule has 0 aliphatic rings. The van der Waals surface area contributed by atoms with Crippen molar-refractivity contribution in [2.75, 3.05) is 16.8 Å². The van der Waals surface area contributed by atoms with Gasteiger partial charge in [0.2, 0.25) is 0 Å². The number of nitrogens with one attached hydrogen (secondary N) is 1. The maximum atomic E-state index is 13.8. The van der Waals surface area contributed by atoms with Crippen LogP contribution in [0.2, 0.25) is 0 Å². The minimum atomic E-state index is -0.838. The standard InChI is InChI=1S/C21H19F2N3O/c1-3-26(15-7-4-6-14(2)12-15)16-10-11-24-19(13-16)21(27)25-20-17(22)8-5-9-18(20)23/h4-13H,3H2,1-2H3,(H,25,27). The number of aromatic nitrogens is 1. The lowest BCUT2D eigenvalue weighted by molar-refractivity contribution is 0.102. The number of anilines is 3. The van der Waals surface area contributed by atoms with E-state index >= 15 is 0 Å². The Kier molecular flexibility index (Phi) is 5.45. The van der Waals surface area contributed by atoms with Crippen LogP contribution in [0.4, 0.5) is 25.8 Å². The molecular formula is C21H19F2N3O. The van der Waals surface area contributed by atoms with Gasteiger partial charge in [-0.1, -0.05) is 18.2 Å². The minimum Gasteiger partial charge on any atom is -0.342 e. The van der Waals surface area contributed by atoms with E-state index in [9.17, 15) is 13.6 Å². The van der Waals surface area contributed by atoms with E-state index < -0.39 is 23.2 Å². The summed E-state index contributed by atoms with van der Waals surface area (Å²) in [6.45, 7) is 4.68. The first-order valence-corrected chi connectivity index (χ1v) is 8.55. The first-order valence-electron chi connectivity index (χ1n) is 8.55. The van der Waals surface area contributed by atoms with E-state index in [4.69, 9.17) is 0 Å². The van der Waals surface area contributed by atoms with Gasteiger partial charge in [-0.15, -0.1) is 0 Å². The Morgan fingerprint density at radius 2 is 1.70 bits per heavy atom. The van der Waals surface area contributed by atoms with Crippen molar-refractivity contribution in [2.24, 2.45) is 0 Å². The van der Waals surface area contributed by atoms with Crippen molar-refractivity contribution in [1.29, 1.82) is 0 Å². The molecule has 0 unspecified atom stereocenters. The van der Waals surface area contributed by atoms with Crippen LogP contribution in [-0.2, 0) is 0 Å². The van der Waals surface area contributed by atoms with Crippen molar-refractivity contribution >= 4 is 23.0 Å². The van der Waals surface area contributed by atoms with Crippen molar-refractivity contribution in [3.8, 4) is 0 Å². The highest BCUT2D eigenvalue weighted by molar-refractivity contribution is 6.03. The number of pyridine rings is 1. The Morgan fingerprint density at radius 1 is 1.04 bits per heavy atom. The molecule has 138 valence electrons. The molecule has 0 bridgehead atoms. The van der Waals surface area contributed by atoms with E-state index in [2.05, 4.69) is 10.3 Å². The zero-order valence-corrected chi connectivity index (χ0v) is 15.0. The van der Waals surface area contributed by atoms with Gasteiger partial charge >= 0.3 is 0 Å². The predicted octanol–water partition coefficient (Wildman–Crippen LogP) is 5.08. The summed E-state index contributed by atoms with van der Waals surface area (Å²) >= 11 is 0. The van der Waals surface area contributed by atoms with E-state index in [0.717, 1.165) is 29.1 Å². The first-order chi connectivity index (χ1) is 13.0. The Labute approximate surface area is 156 Å². The van der Waals surface area contributed by atoms with Crippen LogP contribution >= 0.6 is 0 Å². The summed E-state index contributed by atoms with van der Waals surface area (Å²) in [5.41, 5.74) is 2.45. The second-order valence-corrected chi connectivity index (χ2v) is 6.03. The highest BCUT2D eigenvalue weighted by atomic mass is 19.1. The fourth-order valence-electron chi connectivity index (χ4n) is 2.82. The number of aryl methyl sites for hydroxylation is 1. The number of amides is 1. The quantitative estimate of drug-likeness (QED) is 0.684. The topological polar surface area (TPSA) is 45.2 Å². The fraction of sp³-hybridized carbons (Fsp3) is 0.143. The Balaban J connectivity index is 1.89. The Hall–Kier alpha value is -3.28. The second-order valence-electron chi connectivity index (χ2n) is 6.03. The molecule has 0 saturated heterocycles. The molecule has 3 rings (SSSR count). The number of carbonyl (C=O) groups excluding carboxylic acids is 1. The van der Waals surface area contributed by atoms with Gasteiger partial charge in [0, 0.05) is 24.1 Å². The molecule has 0 spiro atoms. The molecule has 1 heterocycles. The van der Waals surface area contributed by atoms with Crippen LogP contribution in [0.15, 0.2) is 60.8 Å². The van der Waals surface area contributed by atoms with Gasteiger partial charge in [-0.25, -0.2) is 8.78 Å². The molecule has 0 aliphatic heterocycles. The van der Waals surface area contributed by atoms with E-state index in [1.807, 2.05) is 43.0 Å². The zero-order chi connectivity index (χ0) is 19.4. The van der Waals surface area contributed by atoms with Gasteiger partial charge < -0.3 is 10.2 Å². The number of carbonyl (C=O) groups is 1. The smallest absolute Gasteiger partial charge is 0.274 e. The third-order valence-corrected chi connectivity index (χ3v) is 4.12. The van der Waals surface area contributed by atoms with Crippen molar-refractivity contribution in [3.05, 3.63) is 83.7 Å². The van der Waals surface area contributed by atoms with Gasteiger partial charge in [-0.3, -0.25) is 9.78 Å². The van der Waals surface area contributed by atoms with Gasteiger partial charge in [-0.05, 0) is 55.8 Å². The maximum absolute atomic E-state index is 13.8. The SMILES string of the molecule is CCN(c1cccc(C)c1)c1ccnc(C(=O)Nc2c(F)cccc2F)c1. The number of rotatable bonds is 5. The summed E-state index contributed by atoms with van der Waals surface area (Å²) in [7, 11) is 0. The van der Waals surface area contributed by atoms with E-state index in [1.54, 1.807) is 12.1 Å². The summed E-state index contributed by atoms with van der Waals surface area (Å²) in [6.07, 6.45) is 1.50. The minimum absolute atomic E-state index is 0.0706. The Bertz CT molecular complexity index is 955. The third kappa shape index (κ3) is 4.11. The molecule has 1 aromatic heterocycles. The summed E-state index contributed by atoms with van der Waals surface area (Å²) in [4.78, 5) is 18.5. The third-order valence-electron chi connectivity index (χ3n) is 4.12. The van der Waals surface area contributed by atoms with Crippen LogP contribution in [-0.4, -0.2) is 17.4 Å². The van der Waals surface area contributed by atoms with Crippen molar-refractivity contribution < 1.29 is 13.6 Å². The van der Waals surface area contributed by atoms with Crippen molar-refractivity contribution in [3.63, 3.8) is 0 Å². The van der Waals surface area contributed by atoms with E-state index in [1.165, 1.54) is 12.3 Å². The monoisotopic (exact) mass is 367 g/mol. The van der Waals surface area contributed by atoms with E-state index in [0.29, 0.717) is 6.54 Å². The molecular weight excluding hydrogens is 348 g/mol. The van der Waals surface area contributed by atoms with Gasteiger partial charge in [0.15, 0.2) is 0 Å². The van der Waals surface area contributed by atoms with Gasteiger partial charge in [0.25, 0.3) is 5.91 Å². The average Bonchev–Trinajstić information content (AvgIpc) is 2.66. The number of benzene rings is 2. The number of halogens is 2. The maximum Gasteiger partial charge on any atom is 0.274 e. The number of para-hydroxylation sites is 1. The van der Waals surface area contributed by atoms with Crippen molar-refractivity contribution in [2.45, 2.75) is 13.8 Å². The normalized spacial score (nSPS) is 10.5. The molecule has 0 radical (unpaired) electrons. The molecule has 1 amide bonds. The molecule has 0 fully saturated rings. The summed E-state index contributed by atoms with van der Waals surface area (Å²) < 4.78 is 27.5. The van der Waals surface area contributed by atoms with E-state index in [-0.39, 0.29) is 5.69 Å². The molecule has 4 nitrogen and oxygen atoms in total. The lowest BCUT2D eigenvalue weighted by Crippen LogP contribution is -2.19. The second kappa shape index (κ2) is 7.95. The van der Waals surface area contributed by atoms with Crippen LogP contribution < -0.4 is 10.2 Å². The van der Waals surface area contributed by atoms with Crippen molar-refractivity contribution in [1.82, 2.24) is 4.98 Å².